The van der Waals surface area contributed by atoms with Gasteiger partial charge in [-0.05, 0) is 17.6 Å². The van der Waals surface area contributed by atoms with Crippen LogP contribution in [-0.4, -0.2) is 22.4 Å². The van der Waals surface area contributed by atoms with E-state index < -0.39 is 5.67 Å². The summed E-state index contributed by atoms with van der Waals surface area (Å²) in [5.41, 5.74) is -0.544. The highest BCUT2D eigenvalue weighted by atomic mass is 35.5. The molecular weight excluding hydrogens is 287 g/mol. The molecule has 1 fully saturated rings. The minimum Gasteiger partial charge on any atom is -0.354 e. The van der Waals surface area contributed by atoms with E-state index in [2.05, 4.69) is 9.36 Å². The van der Waals surface area contributed by atoms with E-state index in [1.165, 1.54) is 6.20 Å². The topological polar surface area (TPSA) is 52.8 Å². The summed E-state index contributed by atoms with van der Waals surface area (Å²) in [6.45, 7) is 0.373. The lowest BCUT2D eigenvalue weighted by molar-refractivity contribution is 0.120. The third-order valence-electron chi connectivity index (χ3n) is 3.09. The SMILES string of the molecule is N#Cc1c(Cl)nsc1N1CC(F)(c2cccnc2)C1. The summed E-state index contributed by atoms with van der Waals surface area (Å²) in [6.07, 6.45) is 3.14. The first kappa shape index (κ1) is 12.3. The number of rotatable bonds is 2. The first-order valence-electron chi connectivity index (χ1n) is 5.54. The van der Waals surface area contributed by atoms with Gasteiger partial charge in [-0.3, -0.25) is 4.98 Å². The highest BCUT2D eigenvalue weighted by molar-refractivity contribution is 7.10. The van der Waals surface area contributed by atoms with Gasteiger partial charge in [0.05, 0.1) is 13.1 Å². The van der Waals surface area contributed by atoms with Crippen molar-refractivity contribution in [1.82, 2.24) is 9.36 Å². The average Bonchev–Trinajstić information content (AvgIpc) is 2.77. The molecule has 2 aromatic rings. The molecule has 0 N–H and O–H groups in total. The van der Waals surface area contributed by atoms with Gasteiger partial charge in [0.15, 0.2) is 10.8 Å². The van der Waals surface area contributed by atoms with Gasteiger partial charge in [-0.25, -0.2) is 4.39 Å². The Morgan fingerprint density at radius 1 is 1.53 bits per heavy atom. The second kappa shape index (κ2) is 4.44. The normalized spacial score (nSPS) is 16.8. The van der Waals surface area contributed by atoms with Crippen LogP contribution in [0.25, 0.3) is 0 Å². The Morgan fingerprint density at radius 3 is 2.95 bits per heavy atom. The molecule has 2 aromatic heterocycles. The highest BCUT2D eigenvalue weighted by Crippen LogP contribution is 2.42. The van der Waals surface area contributed by atoms with Crippen LogP contribution in [0.5, 0.6) is 0 Å². The number of hydrogen-bond acceptors (Lipinski definition) is 5. The highest BCUT2D eigenvalue weighted by Gasteiger charge is 2.46. The number of nitrogens with zero attached hydrogens (tertiary/aromatic N) is 4. The van der Waals surface area contributed by atoms with Gasteiger partial charge in [0, 0.05) is 18.0 Å². The van der Waals surface area contributed by atoms with Crippen LogP contribution >= 0.6 is 23.1 Å². The molecule has 0 bridgehead atoms. The van der Waals surface area contributed by atoms with E-state index in [4.69, 9.17) is 16.9 Å². The molecule has 1 aliphatic rings. The number of aromatic nitrogens is 2. The van der Waals surface area contributed by atoms with E-state index in [1.807, 2.05) is 6.07 Å². The maximum Gasteiger partial charge on any atom is 0.172 e. The second-order valence-corrected chi connectivity index (χ2v) is 5.44. The van der Waals surface area contributed by atoms with Gasteiger partial charge in [0.1, 0.15) is 16.6 Å². The largest absolute Gasteiger partial charge is 0.354 e. The zero-order chi connectivity index (χ0) is 13.5. The van der Waals surface area contributed by atoms with Crippen molar-refractivity contribution in [3.63, 3.8) is 0 Å². The molecule has 0 unspecified atom stereocenters. The molecule has 0 aliphatic carbocycles. The summed E-state index contributed by atoms with van der Waals surface area (Å²) >= 11 is 6.92. The molecule has 19 heavy (non-hydrogen) atoms. The van der Waals surface area contributed by atoms with Crippen molar-refractivity contribution in [2.45, 2.75) is 5.67 Å². The van der Waals surface area contributed by atoms with E-state index in [1.54, 1.807) is 23.2 Å². The van der Waals surface area contributed by atoms with Crippen LogP contribution in [0.4, 0.5) is 9.39 Å². The Bertz CT molecular complexity index is 645. The van der Waals surface area contributed by atoms with E-state index in [-0.39, 0.29) is 18.2 Å². The Hall–Kier alpha value is -1.71. The standard InChI is InChI=1S/C12H8ClFN4S/c13-10-9(4-15)11(19-17-10)18-6-12(14,7-18)8-2-1-3-16-5-8/h1-3,5H,6-7H2. The molecular formula is C12H8ClFN4S. The minimum absolute atomic E-state index is 0.181. The summed E-state index contributed by atoms with van der Waals surface area (Å²) in [5.74, 6) is 0. The van der Waals surface area contributed by atoms with E-state index >= 15 is 0 Å². The van der Waals surface area contributed by atoms with Gasteiger partial charge in [-0.1, -0.05) is 17.7 Å². The Morgan fingerprint density at radius 2 is 2.32 bits per heavy atom. The first-order valence-corrected chi connectivity index (χ1v) is 6.69. The predicted molar refractivity (Wildman–Crippen MR) is 71.1 cm³/mol. The Kier molecular flexibility index (Phi) is 2.88. The third kappa shape index (κ3) is 1.95. The summed E-state index contributed by atoms with van der Waals surface area (Å²) in [6, 6.07) is 5.43. The van der Waals surface area contributed by atoms with Crippen molar-refractivity contribution in [2.24, 2.45) is 0 Å². The van der Waals surface area contributed by atoms with Crippen molar-refractivity contribution in [3.05, 3.63) is 40.8 Å². The number of halogens is 2. The zero-order valence-corrected chi connectivity index (χ0v) is 11.2. The third-order valence-corrected chi connectivity index (χ3v) is 4.38. The predicted octanol–water partition coefficient (Wildman–Crippen LogP) is 2.75. The van der Waals surface area contributed by atoms with Gasteiger partial charge in [0.25, 0.3) is 0 Å². The second-order valence-electron chi connectivity index (χ2n) is 4.33. The molecule has 1 aliphatic heterocycles. The minimum atomic E-state index is -1.42. The molecule has 0 spiro atoms. The van der Waals surface area contributed by atoms with Crippen LogP contribution in [0.2, 0.25) is 5.15 Å². The lowest BCUT2D eigenvalue weighted by Crippen LogP contribution is -2.56. The van der Waals surface area contributed by atoms with Crippen molar-refractivity contribution in [2.75, 3.05) is 18.0 Å². The first-order chi connectivity index (χ1) is 9.14. The molecule has 4 nitrogen and oxygen atoms in total. The van der Waals surface area contributed by atoms with Crippen molar-refractivity contribution >= 4 is 28.1 Å². The fraction of sp³-hybridized carbons (Fsp3) is 0.250. The Balaban J connectivity index is 1.82. The molecule has 0 amide bonds. The van der Waals surface area contributed by atoms with Crippen molar-refractivity contribution in [3.8, 4) is 6.07 Å². The monoisotopic (exact) mass is 294 g/mol. The maximum absolute atomic E-state index is 14.6. The summed E-state index contributed by atoms with van der Waals surface area (Å²) in [7, 11) is 0. The lowest BCUT2D eigenvalue weighted by atomic mass is 9.89. The van der Waals surface area contributed by atoms with Gasteiger partial charge in [0.2, 0.25) is 0 Å². The maximum atomic E-state index is 14.6. The van der Waals surface area contributed by atoms with Gasteiger partial charge < -0.3 is 4.90 Å². The summed E-state index contributed by atoms with van der Waals surface area (Å²) < 4.78 is 18.5. The molecule has 96 valence electrons. The van der Waals surface area contributed by atoms with Crippen molar-refractivity contribution < 1.29 is 4.39 Å². The Labute approximate surface area is 118 Å². The van der Waals surface area contributed by atoms with E-state index in [0.29, 0.717) is 16.1 Å². The quantitative estimate of drug-likeness (QED) is 0.854. The van der Waals surface area contributed by atoms with Crippen molar-refractivity contribution in [1.29, 1.82) is 5.26 Å². The number of hydrogen-bond donors (Lipinski definition) is 0. The molecule has 0 atom stereocenters. The number of anilines is 1. The molecule has 0 aromatic carbocycles. The summed E-state index contributed by atoms with van der Waals surface area (Å²) in [4.78, 5) is 5.70. The van der Waals surface area contributed by atoms with Crippen LogP contribution in [0.1, 0.15) is 11.1 Å². The fourth-order valence-electron chi connectivity index (χ4n) is 2.09. The molecule has 3 rings (SSSR count). The molecule has 0 saturated carbocycles. The molecule has 7 heteroatoms. The van der Waals surface area contributed by atoms with Gasteiger partial charge in [-0.2, -0.15) is 9.64 Å². The van der Waals surface area contributed by atoms with Gasteiger partial charge in [-0.15, -0.1) is 0 Å². The van der Waals surface area contributed by atoms with E-state index in [9.17, 15) is 4.39 Å². The average molecular weight is 295 g/mol. The summed E-state index contributed by atoms with van der Waals surface area (Å²) in [5, 5.41) is 9.82. The fourth-order valence-corrected chi connectivity index (χ4v) is 3.11. The molecule has 1 saturated heterocycles. The molecule has 0 radical (unpaired) electrons. The van der Waals surface area contributed by atoms with E-state index in [0.717, 1.165) is 11.5 Å². The lowest BCUT2D eigenvalue weighted by Gasteiger charge is -2.45. The van der Waals surface area contributed by atoms with Crippen LogP contribution in [0.15, 0.2) is 24.5 Å². The number of pyridine rings is 1. The molecule has 3 heterocycles. The van der Waals surface area contributed by atoms with Crippen LogP contribution in [0.3, 0.4) is 0 Å². The van der Waals surface area contributed by atoms with Crippen LogP contribution in [-0.2, 0) is 5.67 Å². The van der Waals surface area contributed by atoms with Crippen LogP contribution in [0, 0.1) is 11.3 Å². The van der Waals surface area contributed by atoms with Crippen LogP contribution < -0.4 is 4.90 Å². The number of nitriles is 1. The number of alkyl halides is 1. The smallest absolute Gasteiger partial charge is 0.172 e. The van der Waals surface area contributed by atoms with Gasteiger partial charge >= 0.3 is 0 Å². The zero-order valence-electron chi connectivity index (χ0n) is 9.68.